The Kier molecular flexibility index (Phi) is 2.59. The van der Waals surface area contributed by atoms with Crippen LogP contribution in [0.1, 0.15) is 26.7 Å². The van der Waals surface area contributed by atoms with Gasteiger partial charge in [-0.1, -0.05) is 6.92 Å². The fraction of sp³-hybridized carbons (Fsp3) is 0.778. The molecule has 0 bridgehead atoms. The first-order chi connectivity index (χ1) is 6.03. The van der Waals surface area contributed by atoms with Crippen LogP contribution in [0.2, 0.25) is 0 Å². The van der Waals surface area contributed by atoms with Gasteiger partial charge in [-0.2, -0.15) is 0 Å². The summed E-state index contributed by atoms with van der Waals surface area (Å²) in [6.07, 6.45) is 1.13. The van der Waals surface area contributed by atoms with E-state index in [1.165, 1.54) is 7.11 Å². The van der Waals surface area contributed by atoms with E-state index in [4.69, 9.17) is 4.74 Å². The second-order valence-corrected chi connectivity index (χ2v) is 3.45. The van der Waals surface area contributed by atoms with Crippen molar-refractivity contribution < 1.29 is 19.1 Å². The van der Waals surface area contributed by atoms with Gasteiger partial charge < -0.3 is 9.47 Å². The van der Waals surface area contributed by atoms with Gasteiger partial charge in [0, 0.05) is 6.42 Å². The number of ether oxygens (including phenoxy) is 2. The van der Waals surface area contributed by atoms with Crippen molar-refractivity contribution in [1.82, 2.24) is 0 Å². The van der Waals surface area contributed by atoms with Gasteiger partial charge in [-0.3, -0.25) is 4.79 Å². The van der Waals surface area contributed by atoms with Crippen LogP contribution in [-0.4, -0.2) is 24.6 Å². The van der Waals surface area contributed by atoms with Gasteiger partial charge in [0.25, 0.3) is 0 Å². The zero-order chi connectivity index (χ0) is 10.1. The molecule has 74 valence electrons. The average Bonchev–Trinajstić information content (AvgIpc) is 2.41. The lowest BCUT2D eigenvalue weighted by Gasteiger charge is -2.18. The van der Waals surface area contributed by atoms with Crippen molar-refractivity contribution in [3.8, 4) is 0 Å². The third-order valence-electron chi connectivity index (χ3n) is 2.41. The fourth-order valence-corrected chi connectivity index (χ4v) is 1.55. The first-order valence-corrected chi connectivity index (χ1v) is 4.34. The number of carbonyl (C=O) groups excluding carboxylic acids is 2. The minimum absolute atomic E-state index is 0.163. The Morgan fingerprint density at radius 2 is 2.38 bits per heavy atom. The number of esters is 2. The average molecular weight is 186 g/mol. The molecular weight excluding hydrogens is 172 g/mol. The lowest BCUT2D eigenvalue weighted by atomic mass is 9.94. The van der Waals surface area contributed by atoms with Gasteiger partial charge in [0.15, 0.2) is 0 Å². The van der Waals surface area contributed by atoms with E-state index < -0.39 is 11.6 Å². The number of methoxy groups -OCH3 is 1. The number of carbonyl (C=O) groups is 2. The normalized spacial score (nSPS) is 32.8. The van der Waals surface area contributed by atoms with E-state index in [1.54, 1.807) is 6.92 Å². The van der Waals surface area contributed by atoms with E-state index in [0.29, 0.717) is 12.8 Å². The molecule has 0 radical (unpaired) electrons. The molecule has 4 nitrogen and oxygen atoms in total. The number of rotatable bonds is 2. The van der Waals surface area contributed by atoms with Crippen LogP contribution in [-0.2, 0) is 19.1 Å². The van der Waals surface area contributed by atoms with Crippen molar-refractivity contribution in [3.63, 3.8) is 0 Å². The molecular formula is C9H14O4. The summed E-state index contributed by atoms with van der Waals surface area (Å²) in [5.41, 5.74) is -1.06. The van der Waals surface area contributed by atoms with E-state index in [9.17, 15) is 9.59 Å². The highest BCUT2D eigenvalue weighted by Gasteiger charge is 2.48. The van der Waals surface area contributed by atoms with Crippen molar-refractivity contribution in [3.05, 3.63) is 0 Å². The quantitative estimate of drug-likeness (QED) is 0.601. The molecule has 4 heteroatoms. The maximum atomic E-state index is 11.2. The maximum Gasteiger partial charge on any atom is 0.350 e. The highest BCUT2D eigenvalue weighted by Crippen LogP contribution is 2.33. The maximum absolute atomic E-state index is 11.2. The van der Waals surface area contributed by atoms with E-state index in [-0.39, 0.29) is 11.9 Å². The van der Waals surface area contributed by atoms with Gasteiger partial charge in [0.2, 0.25) is 5.60 Å². The highest BCUT2D eigenvalue weighted by molar-refractivity contribution is 5.87. The van der Waals surface area contributed by atoms with Crippen molar-refractivity contribution in [2.75, 3.05) is 7.11 Å². The predicted molar refractivity (Wildman–Crippen MR) is 44.9 cm³/mol. The Balaban J connectivity index is 2.75. The molecule has 0 aromatic rings. The second-order valence-electron chi connectivity index (χ2n) is 3.45. The van der Waals surface area contributed by atoms with E-state index in [1.807, 2.05) is 6.92 Å². The standard InChI is InChI=1S/C9H14O4/c1-4-6-5-9(2,8(11)12-3)13-7(6)10/h6H,4-5H2,1-3H3. The molecule has 0 saturated carbocycles. The summed E-state index contributed by atoms with van der Waals surface area (Å²) in [4.78, 5) is 22.5. The van der Waals surface area contributed by atoms with Crippen LogP contribution in [0, 0.1) is 5.92 Å². The monoisotopic (exact) mass is 186 g/mol. The van der Waals surface area contributed by atoms with Gasteiger partial charge >= 0.3 is 11.9 Å². The summed E-state index contributed by atoms with van der Waals surface area (Å²) < 4.78 is 9.55. The third-order valence-corrected chi connectivity index (χ3v) is 2.41. The topological polar surface area (TPSA) is 52.6 Å². The smallest absolute Gasteiger partial charge is 0.350 e. The van der Waals surface area contributed by atoms with E-state index in [0.717, 1.165) is 0 Å². The summed E-state index contributed by atoms with van der Waals surface area (Å²) >= 11 is 0. The lowest BCUT2D eigenvalue weighted by molar-refractivity contribution is -0.170. The third kappa shape index (κ3) is 1.66. The Bertz CT molecular complexity index is 236. The zero-order valence-corrected chi connectivity index (χ0v) is 8.12. The van der Waals surface area contributed by atoms with Gasteiger partial charge in [-0.15, -0.1) is 0 Å². The molecule has 0 N–H and O–H groups in total. The summed E-state index contributed by atoms with van der Waals surface area (Å²) in [5, 5.41) is 0. The van der Waals surface area contributed by atoms with Crippen molar-refractivity contribution in [2.45, 2.75) is 32.3 Å². The zero-order valence-electron chi connectivity index (χ0n) is 8.12. The molecule has 0 aromatic carbocycles. The Hall–Kier alpha value is -1.06. The summed E-state index contributed by atoms with van der Waals surface area (Å²) in [5.74, 6) is -0.934. The Labute approximate surface area is 77.2 Å². The van der Waals surface area contributed by atoms with E-state index >= 15 is 0 Å². The number of hydrogen-bond donors (Lipinski definition) is 0. The first kappa shape index (κ1) is 10.0. The first-order valence-electron chi connectivity index (χ1n) is 4.34. The molecule has 0 aromatic heterocycles. The summed E-state index contributed by atoms with van der Waals surface area (Å²) in [6, 6.07) is 0. The molecule has 0 amide bonds. The van der Waals surface area contributed by atoms with Gasteiger partial charge in [0.05, 0.1) is 13.0 Å². The van der Waals surface area contributed by atoms with Crippen LogP contribution in [0.15, 0.2) is 0 Å². The highest BCUT2D eigenvalue weighted by atomic mass is 16.6. The van der Waals surface area contributed by atoms with Crippen LogP contribution in [0.3, 0.4) is 0 Å². The summed E-state index contributed by atoms with van der Waals surface area (Å²) in [6.45, 7) is 3.49. The molecule has 0 spiro atoms. The lowest BCUT2D eigenvalue weighted by Crippen LogP contribution is -2.35. The van der Waals surface area contributed by atoms with Crippen LogP contribution in [0.5, 0.6) is 0 Å². The van der Waals surface area contributed by atoms with Crippen LogP contribution in [0.4, 0.5) is 0 Å². The molecule has 2 unspecified atom stereocenters. The molecule has 2 atom stereocenters. The fourth-order valence-electron chi connectivity index (χ4n) is 1.55. The molecule has 1 saturated heterocycles. The van der Waals surface area contributed by atoms with Gasteiger partial charge in [-0.05, 0) is 13.3 Å². The van der Waals surface area contributed by atoms with Gasteiger partial charge in [-0.25, -0.2) is 4.79 Å². The molecule has 1 fully saturated rings. The molecule has 1 aliphatic heterocycles. The van der Waals surface area contributed by atoms with Crippen LogP contribution < -0.4 is 0 Å². The molecule has 0 aliphatic carbocycles. The minimum Gasteiger partial charge on any atom is -0.466 e. The van der Waals surface area contributed by atoms with Crippen molar-refractivity contribution in [1.29, 1.82) is 0 Å². The van der Waals surface area contributed by atoms with E-state index in [2.05, 4.69) is 4.74 Å². The van der Waals surface area contributed by atoms with Crippen LogP contribution in [0.25, 0.3) is 0 Å². The Morgan fingerprint density at radius 3 is 2.77 bits per heavy atom. The number of cyclic esters (lactones) is 1. The van der Waals surface area contributed by atoms with Crippen molar-refractivity contribution in [2.24, 2.45) is 5.92 Å². The number of hydrogen-bond acceptors (Lipinski definition) is 4. The SMILES string of the molecule is CCC1CC(C)(C(=O)OC)OC1=O. The summed E-state index contributed by atoms with van der Waals surface area (Å²) in [7, 11) is 1.29. The predicted octanol–water partition coefficient (Wildman–Crippen LogP) is 0.891. The van der Waals surface area contributed by atoms with Crippen molar-refractivity contribution >= 4 is 11.9 Å². The second kappa shape index (κ2) is 3.36. The molecule has 13 heavy (non-hydrogen) atoms. The molecule has 1 heterocycles. The minimum atomic E-state index is -1.06. The largest absolute Gasteiger partial charge is 0.466 e. The van der Waals surface area contributed by atoms with Crippen LogP contribution >= 0.6 is 0 Å². The Morgan fingerprint density at radius 1 is 1.77 bits per heavy atom. The molecule has 1 rings (SSSR count). The van der Waals surface area contributed by atoms with Gasteiger partial charge in [0.1, 0.15) is 0 Å². The molecule has 1 aliphatic rings.